The van der Waals surface area contributed by atoms with E-state index in [4.69, 9.17) is 42.7 Å². The molecule has 0 bridgehead atoms. The van der Waals surface area contributed by atoms with Gasteiger partial charge < -0.3 is 42.7 Å². The van der Waals surface area contributed by atoms with E-state index in [2.05, 4.69) is 12.6 Å². The highest BCUT2D eigenvalue weighted by molar-refractivity contribution is 7.80. The molecule has 11 N–H and O–H groups in total. The molecule has 0 radical (unpaired) electrons. The first-order valence-electron chi connectivity index (χ1n) is 6.79. The van der Waals surface area contributed by atoms with Crippen molar-refractivity contribution in [2.24, 2.45) is 17.2 Å². The summed E-state index contributed by atoms with van der Waals surface area (Å²) in [4.78, 5) is 39.4. The first-order chi connectivity index (χ1) is 11.4. The number of carboxylic acids is 4. The van der Waals surface area contributed by atoms with Crippen molar-refractivity contribution in [2.75, 3.05) is 12.4 Å². The van der Waals surface area contributed by atoms with Gasteiger partial charge in [-0.3, -0.25) is 19.2 Å². The third kappa shape index (κ3) is 22.1. The Labute approximate surface area is 149 Å². The van der Waals surface area contributed by atoms with Crippen LogP contribution >= 0.6 is 12.6 Å². The van der Waals surface area contributed by atoms with Crippen molar-refractivity contribution in [3.8, 4) is 0 Å². The monoisotopic (exact) mass is 387 g/mol. The Morgan fingerprint density at radius 2 is 1.12 bits per heavy atom. The standard InChI is InChI=1S/C4H7NO4.C4H9NO3.C4H9NO2S/c5-2(4(8)9)1-3(6)7;5-3(1-2-6)4(7)8;5-3(1-2-8)4(6)7/h2H,1,5H2,(H,6,7)(H,8,9);3,6H,1-2,5H2,(H,7,8);3,8H,1-2,5H2,(H,6,7)/t2-;2*3-/m000/s1. The average molecular weight is 387 g/mol. The molecular weight excluding hydrogens is 362 g/mol. The number of aliphatic carboxylic acids is 4. The van der Waals surface area contributed by atoms with Crippen LogP contribution in [0.15, 0.2) is 0 Å². The molecule has 12 nitrogen and oxygen atoms in total. The largest absolute Gasteiger partial charge is 0.481 e. The maximum Gasteiger partial charge on any atom is 0.321 e. The van der Waals surface area contributed by atoms with Crippen LogP contribution in [0.5, 0.6) is 0 Å². The number of carboxylic acid groups (broad SMARTS) is 4. The zero-order chi connectivity index (χ0) is 20.6. The molecule has 0 aliphatic heterocycles. The summed E-state index contributed by atoms with van der Waals surface area (Å²) in [7, 11) is 0. The van der Waals surface area contributed by atoms with E-state index in [1.54, 1.807) is 0 Å². The minimum absolute atomic E-state index is 0.120. The minimum Gasteiger partial charge on any atom is -0.481 e. The van der Waals surface area contributed by atoms with E-state index in [0.717, 1.165) is 0 Å². The number of hydrogen-bond donors (Lipinski definition) is 9. The number of aliphatic hydroxyl groups excluding tert-OH is 1. The predicted molar refractivity (Wildman–Crippen MR) is 89.3 cm³/mol. The summed E-state index contributed by atoms with van der Waals surface area (Å²) in [6.45, 7) is -0.173. The second-order valence-electron chi connectivity index (χ2n) is 4.46. The molecule has 0 amide bonds. The third-order valence-electron chi connectivity index (χ3n) is 2.23. The van der Waals surface area contributed by atoms with E-state index >= 15 is 0 Å². The minimum atomic E-state index is -1.29. The number of carbonyl (C=O) groups is 4. The second-order valence-corrected chi connectivity index (χ2v) is 4.90. The number of hydrogen-bond acceptors (Lipinski definition) is 9. The highest BCUT2D eigenvalue weighted by Crippen LogP contribution is 1.89. The molecule has 13 heteroatoms. The van der Waals surface area contributed by atoms with Gasteiger partial charge in [-0.25, -0.2) is 0 Å². The predicted octanol–water partition coefficient (Wildman–Crippen LogP) is -2.63. The molecule has 0 heterocycles. The molecule has 0 aliphatic carbocycles. The summed E-state index contributed by atoms with van der Waals surface area (Å²) >= 11 is 3.81. The lowest BCUT2D eigenvalue weighted by molar-refractivity contribution is -0.144. The Balaban J connectivity index is -0.000000291. The van der Waals surface area contributed by atoms with Crippen LogP contribution in [0.2, 0.25) is 0 Å². The van der Waals surface area contributed by atoms with Gasteiger partial charge >= 0.3 is 23.9 Å². The molecular formula is C12H25N3O9S. The molecule has 0 fully saturated rings. The number of aliphatic hydroxyl groups is 1. The fraction of sp³-hybridized carbons (Fsp3) is 0.667. The van der Waals surface area contributed by atoms with Gasteiger partial charge in [0.2, 0.25) is 0 Å². The lowest BCUT2D eigenvalue weighted by Crippen LogP contribution is -2.32. The van der Waals surface area contributed by atoms with Crippen molar-refractivity contribution < 1.29 is 44.7 Å². The first kappa shape index (κ1) is 27.9. The number of rotatable bonds is 9. The van der Waals surface area contributed by atoms with Crippen molar-refractivity contribution in [3.63, 3.8) is 0 Å². The normalized spacial score (nSPS) is 13.0. The van der Waals surface area contributed by atoms with Crippen LogP contribution < -0.4 is 17.2 Å². The Hall–Kier alpha value is -1.93. The molecule has 25 heavy (non-hydrogen) atoms. The van der Waals surface area contributed by atoms with Gasteiger partial charge in [-0.1, -0.05) is 0 Å². The van der Waals surface area contributed by atoms with Gasteiger partial charge in [-0.2, -0.15) is 12.6 Å². The molecule has 0 aromatic carbocycles. The van der Waals surface area contributed by atoms with Crippen LogP contribution in [0.4, 0.5) is 0 Å². The van der Waals surface area contributed by atoms with E-state index in [9.17, 15) is 19.2 Å². The Bertz CT molecular complexity index is 401. The second kappa shape index (κ2) is 16.9. The maximum absolute atomic E-state index is 9.93. The van der Waals surface area contributed by atoms with Crippen molar-refractivity contribution >= 4 is 36.5 Å². The first-order valence-corrected chi connectivity index (χ1v) is 7.42. The van der Waals surface area contributed by atoms with Gasteiger partial charge in [0.1, 0.15) is 18.1 Å². The highest BCUT2D eigenvalue weighted by Gasteiger charge is 2.14. The van der Waals surface area contributed by atoms with Gasteiger partial charge in [0.25, 0.3) is 0 Å². The summed E-state index contributed by atoms with van der Waals surface area (Å²) in [6, 6.07) is -2.95. The Morgan fingerprint density at radius 1 is 0.760 bits per heavy atom. The highest BCUT2D eigenvalue weighted by atomic mass is 32.1. The molecule has 0 unspecified atom stereocenters. The van der Waals surface area contributed by atoms with Crippen LogP contribution in [0.3, 0.4) is 0 Å². The molecule has 0 rings (SSSR count). The maximum atomic E-state index is 9.93. The molecule has 3 atom stereocenters. The average Bonchev–Trinajstić information content (AvgIpc) is 2.48. The van der Waals surface area contributed by atoms with Gasteiger partial charge in [-0.15, -0.1) is 0 Å². The van der Waals surface area contributed by atoms with Crippen LogP contribution in [-0.2, 0) is 19.2 Å². The lowest BCUT2D eigenvalue weighted by atomic mass is 10.2. The van der Waals surface area contributed by atoms with E-state index in [0.29, 0.717) is 12.2 Å². The van der Waals surface area contributed by atoms with Gasteiger partial charge in [0.15, 0.2) is 0 Å². The summed E-state index contributed by atoms with van der Waals surface area (Å²) in [5, 5.41) is 40.4. The van der Waals surface area contributed by atoms with Crippen LogP contribution in [0.1, 0.15) is 19.3 Å². The third-order valence-corrected chi connectivity index (χ3v) is 2.48. The summed E-state index contributed by atoms with van der Waals surface area (Å²) in [6.07, 6.45) is 0.0170. The van der Waals surface area contributed by atoms with E-state index in [1.165, 1.54) is 0 Å². The van der Waals surface area contributed by atoms with Crippen LogP contribution in [0, 0.1) is 0 Å². The summed E-state index contributed by atoms with van der Waals surface area (Å²) < 4.78 is 0. The lowest BCUT2D eigenvalue weighted by Gasteiger charge is -2.00. The Kier molecular flexibility index (Phi) is 18.9. The topological polar surface area (TPSA) is 247 Å². The van der Waals surface area contributed by atoms with E-state index in [-0.39, 0.29) is 13.0 Å². The SMILES string of the molecule is N[C@@H](CC(=O)O)C(=O)O.N[C@@H](CCO)C(=O)O.N[C@@H](CCS)C(=O)O. The van der Waals surface area contributed by atoms with Gasteiger partial charge in [-0.05, 0) is 18.6 Å². The molecule has 0 saturated heterocycles. The molecule has 0 saturated carbocycles. The van der Waals surface area contributed by atoms with Gasteiger partial charge in [0, 0.05) is 6.61 Å². The van der Waals surface area contributed by atoms with Gasteiger partial charge in [0.05, 0.1) is 6.42 Å². The Morgan fingerprint density at radius 3 is 1.24 bits per heavy atom. The zero-order valence-electron chi connectivity index (χ0n) is 13.3. The van der Waals surface area contributed by atoms with E-state index in [1.807, 2.05) is 0 Å². The summed E-state index contributed by atoms with van der Waals surface area (Å²) in [5.41, 5.74) is 14.9. The van der Waals surface area contributed by atoms with Crippen molar-refractivity contribution in [2.45, 2.75) is 37.4 Å². The molecule has 0 spiro atoms. The fourth-order valence-electron chi connectivity index (χ4n) is 0.801. The summed E-state index contributed by atoms with van der Waals surface area (Å²) in [5.74, 6) is -4.01. The smallest absolute Gasteiger partial charge is 0.321 e. The van der Waals surface area contributed by atoms with Crippen molar-refractivity contribution in [3.05, 3.63) is 0 Å². The molecule has 0 aliphatic rings. The van der Waals surface area contributed by atoms with Crippen LogP contribution in [-0.4, -0.2) is 79.9 Å². The fourth-order valence-corrected chi connectivity index (χ4v) is 1.08. The molecule has 148 valence electrons. The number of nitrogens with two attached hydrogens (primary N) is 3. The van der Waals surface area contributed by atoms with Crippen molar-refractivity contribution in [1.29, 1.82) is 0 Å². The van der Waals surface area contributed by atoms with Crippen LogP contribution in [0.25, 0.3) is 0 Å². The number of thiol groups is 1. The van der Waals surface area contributed by atoms with E-state index < -0.39 is 48.4 Å². The molecule has 0 aromatic heterocycles. The van der Waals surface area contributed by atoms with Crippen molar-refractivity contribution in [1.82, 2.24) is 0 Å². The quantitative estimate of drug-likeness (QED) is 0.184. The zero-order valence-corrected chi connectivity index (χ0v) is 14.2. The molecule has 0 aromatic rings.